The van der Waals surface area contributed by atoms with E-state index in [4.69, 9.17) is 0 Å². The van der Waals surface area contributed by atoms with Crippen LogP contribution in [-0.4, -0.2) is 28.1 Å². The van der Waals surface area contributed by atoms with Gasteiger partial charge in [0.2, 0.25) is 5.91 Å². The van der Waals surface area contributed by atoms with Crippen molar-refractivity contribution in [1.29, 1.82) is 0 Å². The van der Waals surface area contributed by atoms with Gasteiger partial charge in [-0.2, -0.15) is 0 Å². The summed E-state index contributed by atoms with van der Waals surface area (Å²) in [5, 5.41) is 3.21. The number of aromatic nitrogens is 2. The number of hydrogen-bond donors (Lipinski definition) is 1. The van der Waals surface area contributed by atoms with Crippen LogP contribution >= 0.6 is 0 Å². The van der Waals surface area contributed by atoms with Gasteiger partial charge in [0.1, 0.15) is 0 Å². The van der Waals surface area contributed by atoms with Crippen LogP contribution in [0.3, 0.4) is 0 Å². The van der Waals surface area contributed by atoms with E-state index >= 15 is 0 Å². The number of fused-ring (bicyclic) bond motifs is 1. The van der Waals surface area contributed by atoms with Crippen molar-refractivity contribution in [1.82, 2.24) is 9.13 Å². The molecule has 2 aliphatic rings. The molecule has 0 radical (unpaired) electrons. The Labute approximate surface area is 160 Å². The summed E-state index contributed by atoms with van der Waals surface area (Å²) in [4.78, 5) is 27.6. The Morgan fingerprint density at radius 2 is 1.59 bits per heavy atom. The molecule has 1 aromatic carbocycles. The van der Waals surface area contributed by atoms with Gasteiger partial charge in [-0.15, -0.1) is 0 Å². The molecule has 1 aliphatic carbocycles. The fraction of sp³-hybridized carbons (Fsp3) is 0.619. The lowest BCUT2D eigenvalue weighted by Crippen LogP contribution is -2.28. The van der Waals surface area contributed by atoms with Crippen molar-refractivity contribution in [2.45, 2.75) is 45.4 Å². The van der Waals surface area contributed by atoms with Crippen molar-refractivity contribution in [3.8, 4) is 0 Å². The standard InChI is InChI=1S/C21H30N4O2/c1-14-6-8-15(9-7-14)20(26)22-16-12-18-19(24(3)21(27)23(18)2)13-17(16)25-10-4-5-11-25/h12-15H,4-11H2,1-3H3,(H,22,26). The second kappa shape index (κ2) is 7.06. The first-order valence-electron chi connectivity index (χ1n) is 10.2. The summed E-state index contributed by atoms with van der Waals surface area (Å²) in [5.74, 6) is 0.954. The van der Waals surface area contributed by atoms with Crippen molar-refractivity contribution < 1.29 is 4.79 Å². The Morgan fingerprint density at radius 3 is 2.22 bits per heavy atom. The molecule has 4 rings (SSSR count). The number of hydrogen-bond acceptors (Lipinski definition) is 3. The van der Waals surface area contributed by atoms with E-state index in [2.05, 4.69) is 23.2 Å². The predicted molar refractivity (Wildman–Crippen MR) is 109 cm³/mol. The normalized spacial score (nSPS) is 23.1. The number of imidazole rings is 1. The molecule has 0 bridgehead atoms. The highest BCUT2D eigenvalue weighted by molar-refractivity contribution is 5.99. The first-order valence-corrected chi connectivity index (χ1v) is 10.2. The van der Waals surface area contributed by atoms with Gasteiger partial charge in [-0.25, -0.2) is 4.79 Å². The van der Waals surface area contributed by atoms with Crippen LogP contribution in [0.5, 0.6) is 0 Å². The molecule has 1 aliphatic heterocycles. The zero-order valence-corrected chi connectivity index (χ0v) is 16.6. The van der Waals surface area contributed by atoms with Crippen molar-refractivity contribution in [3.05, 3.63) is 22.6 Å². The highest BCUT2D eigenvalue weighted by atomic mass is 16.2. The summed E-state index contributed by atoms with van der Waals surface area (Å²) in [5.41, 5.74) is 3.61. The summed E-state index contributed by atoms with van der Waals surface area (Å²) in [6.07, 6.45) is 6.53. The van der Waals surface area contributed by atoms with Gasteiger partial charge in [0.25, 0.3) is 0 Å². The maximum Gasteiger partial charge on any atom is 0.328 e. The van der Waals surface area contributed by atoms with Crippen molar-refractivity contribution in [2.24, 2.45) is 25.9 Å². The maximum atomic E-state index is 12.9. The quantitative estimate of drug-likeness (QED) is 0.902. The summed E-state index contributed by atoms with van der Waals surface area (Å²) < 4.78 is 3.34. The third kappa shape index (κ3) is 3.26. The number of carbonyl (C=O) groups excluding carboxylic acids is 1. The van der Waals surface area contributed by atoms with Gasteiger partial charge < -0.3 is 10.2 Å². The number of benzene rings is 1. The molecule has 0 atom stereocenters. The van der Waals surface area contributed by atoms with E-state index in [0.717, 1.165) is 67.1 Å². The molecule has 27 heavy (non-hydrogen) atoms. The molecular formula is C21H30N4O2. The lowest BCUT2D eigenvalue weighted by molar-refractivity contribution is -0.121. The van der Waals surface area contributed by atoms with E-state index in [1.54, 1.807) is 23.2 Å². The van der Waals surface area contributed by atoms with Gasteiger partial charge in [-0.05, 0) is 56.6 Å². The summed E-state index contributed by atoms with van der Waals surface area (Å²) in [7, 11) is 3.59. The van der Waals surface area contributed by atoms with Gasteiger partial charge in [-0.3, -0.25) is 13.9 Å². The Hall–Kier alpha value is -2.24. The molecule has 1 aromatic heterocycles. The van der Waals surface area contributed by atoms with Crippen LogP contribution in [-0.2, 0) is 18.9 Å². The van der Waals surface area contributed by atoms with E-state index in [0.29, 0.717) is 0 Å². The van der Waals surface area contributed by atoms with E-state index in [9.17, 15) is 9.59 Å². The number of nitrogens with one attached hydrogen (secondary N) is 1. The third-order valence-corrected chi connectivity index (χ3v) is 6.48. The third-order valence-electron chi connectivity index (χ3n) is 6.48. The Bertz CT molecular complexity index is 912. The van der Waals surface area contributed by atoms with Crippen molar-refractivity contribution >= 4 is 28.3 Å². The molecule has 1 amide bonds. The SMILES string of the molecule is CC1CCC(C(=O)Nc2cc3c(cc2N2CCCC2)n(C)c(=O)n3C)CC1. The lowest BCUT2D eigenvalue weighted by Gasteiger charge is -2.27. The molecule has 0 spiro atoms. The predicted octanol–water partition coefficient (Wildman–Crippen LogP) is 3.24. The van der Waals surface area contributed by atoms with E-state index in [-0.39, 0.29) is 17.5 Å². The van der Waals surface area contributed by atoms with Crippen LogP contribution in [0.15, 0.2) is 16.9 Å². The van der Waals surface area contributed by atoms with Gasteiger partial charge in [0, 0.05) is 33.1 Å². The average Bonchev–Trinajstić information content (AvgIpc) is 3.26. The fourth-order valence-electron chi connectivity index (χ4n) is 4.61. The van der Waals surface area contributed by atoms with E-state index in [1.807, 2.05) is 6.07 Å². The van der Waals surface area contributed by atoms with E-state index < -0.39 is 0 Å². The first-order chi connectivity index (χ1) is 13.0. The van der Waals surface area contributed by atoms with Gasteiger partial charge in [0.05, 0.1) is 22.4 Å². The number of rotatable bonds is 3. The number of aryl methyl sites for hydroxylation is 2. The molecule has 1 N–H and O–H groups in total. The number of nitrogens with zero attached hydrogens (tertiary/aromatic N) is 3. The molecule has 2 fully saturated rings. The van der Waals surface area contributed by atoms with Gasteiger partial charge in [-0.1, -0.05) is 6.92 Å². The second-order valence-electron chi connectivity index (χ2n) is 8.40. The van der Waals surface area contributed by atoms with Crippen LogP contribution in [0.1, 0.15) is 45.4 Å². The maximum absolute atomic E-state index is 12.9. The summed E-state index contributed by atoms with van der Waals surface area (Å²) in [6, 6.07) is 4.05. The first kappa shape index (κ1) is 18.1. The number of anilines is 2. The molecular weight excluding hydrogens is 340 g/mol. The van der Waals surface area contributed by atoms with Crippen LogP contribution in [0.2, 0.25) is 0 Å². The molecule has 2 aromatic rings. The zero-order valence-electron chi connectivity index (χ0n) is 16.6. The minimum Gasteiger partial charge on any atom is -0.370 e. The number of carbonyl (C=O) groups is 1. The molecule has 2 heterocycles. The topological polar surface area (TPSA) is 59.3 Å². The van der Waals surface area contributed by atoms with Crippen LogP contribution < -0.4 is 15.9 Å². The largest absolute Gasteiger partial charge is 0.370 e. The summed E-state index contributed by atoms with van der Waals surface area (Å²) >= 11 is 0. The molecule has 6 nitrogen and oxygen atoms in total. The highest BCUT2D eigenvalue weighted by Gasteiger charge is 2.26. The van der Waals surface area contributed by atoms with E-state index in [1.165, 1.54) is 12.8 Å². The van der Waals surface area contributed by atoms with Crippen LogP contribution in [0, 0.1) is 11.8 Å². The highest BCUT2D eigenvalue weighted by Crippen LogP contribution is 2.35. The zero-order chi connectivity index (χ0) is 19.1. The molecule has 0 unspecified atom stereocenters. The Kier molecular flexibility index (Phi) is 4.74. The molecule has 146 valence electrons. The summed E-state index contributed by atoms with van der Waals surface area (Å²) in [6.45, 7) is 4.26. The Balaban J connectivity index is 1.71. The monoisotopic (exact) mass is 370 g/mol. The molecule has 1 saturated carbocycles. The number of amides is 1. The smallest absolute Gasteiger partial charge is 0.328 e. The van der Waals surface area contributed by atoms with Crippen LogP contribution in [0.4, 0.5) is 11.4 Å². The van der Waals surface area contributed by atoms with Gasteiger partial charge >= 0.3 is 5.69 Å². The molecule has 1 saturated heterocycles. The molecule has 6 heteroatoms. The minimum absolute atomic E-state index is 0.0397. The van der Waals surface area contributed by atoms with Gasteiger partial charge in [0.15, 0.2) is 0 Å². The fourth-order valence-corrected chi connectivity index (χ4v) is 4.61. The second-order valence-corrected chi connectivity index (χ2v) is 8.40. The minimum atomic E-state index is -0.0397. The lowest BCUT2D eigenvalue weighted by atomic mass is 9.82. The van der Waals surface area contributed by atoms with Crippen molar-refractivity contribution in [3.63, 3.8) is 0 Å². The Morgan fingerprint density at radius 1 is 1.00 bits per heavy atom. The van der Waals surface area contributed by atoms with Crippen LogP contribution in [0.25, 0.3) is 11.0 Å². The van der Waals surface area contributed by atoms with Crippen molar-refractivity contribution in [2.75, 3.05) is 23.3 Å². The average molecular weight is 370 g/mol.